The standard InChI is InChI=1S/2C26H24N10O2/c2*1-13-16(10-30-23-22(13)33-25(37)26(23,2)38)18-7-14-8-19(29-11-17(14)24(27)31-18)32-20-9-15-3-5-35-6-4-28-21(35)12-36(15)34-20/h2*4,6-11,38H,3,5,12H2,1-2H3,(H2,27,31)(H,33,37)(H,29,32,34)/t2*26-/m10/s1. The number of nitrogens with two attached hydrogens (primary N) is 2. The van der Waals surface area contributed by atoms with E-state index >= 15 is 0 Å². The van der Waals surface area contributed by atoms with Crippen LogP contribution in [0.4, 0.5) is 46.3 Å². The van der Waals surface area contributed by atoms with E-state index in [9.17, 15) is 19.8 Å². The number of anilines is 8. The van der Waals surface area contributed by atoms with Gasteiger partial charge >= 0.3 is 0 Å². The van der Waals surface area contributed by atoms with Crippen molar-refractivity contribution in [3.8, 4) is 22.5 Å². The molecule has 4 aliphatic rings. The Kier molecular flexibility index (Phi) is 10.3. The number of rotatable bonds is 6. The molecule has 24 heteroatoms. The molecule has 0 saturated heterocycles. The number of carbonyl (C=O) groups is 2. The van der Waals surface area contributed by atoms with Crippen LogP contribution in [0.3, 0.4) is 0 Å². The summed E-state index contributed by atoms with van der Waals surface area (Å²) in [6.45, 7) is 9.53. The van der Waals surface area contributed by atoms with Crippen LogP contribution in [0.15, 0.2) is 86.0 Å². The SMILES string of the molecule is Cc1c(-c2cc3cc(Nc4cc5n(n4)Cc4nccn4CC5)ncc3c(N)n2)cnc2c1NC(=O)[C@@]2(C)O.Cc1c(-c2cc3cc(Nc4cc5n(n4)Cc4nccn4CC5)ncc3c(N)n2)cnc2c1NC(=O)[C@]2(C)O. The Morgan fingerprint density at radius 3 is 1.45 bits per heavy atom. The number of nitrogens with zero attached hydrogens (tertiary/aromatic N) is 14. The fraction of sp³-hybridized carbons (Fsp3) is 0.231. The first-order valence-corrected chi connectivity index (χ1v) is 24.4. The van der Waals surface area contributed by atoms with Crippen molar-refractivity contribution in [3.05, 3.63) is 132 Å². The van der Waals surface area contributed by atoms with E-state index in [2.05, 4.69) is 70.3 Å². The smallest absolute Gasteiger partial charge is 0.262 e. The number of hydrogen-bond donors (Lipinski definition) is 8. The molecule has 14 heterocycles. The largest absolute Gasteiger partial charge is 0.383 e. The molecule has 2 amide bonds. The van der Waals surface area contributed by atoms with Gasteiger partial charge in [-0.1, -0.05) is 0 Å². The zero-order valence-corrected chi connectivity index (χ0v) is 41.5. The molecule has 0 aliphatic carbocycles. The molecular weight excluding hydrogens is 969 g/mol. The minimum atomic E-state index is -1.67. The molecular formula is C52H48N20O4. The normalized spacial score (nSPS) is 18.0. The summed E-state index contributed by atoms with van der Waals surface area (Å²) < 4.78 is 8.23. The summed E-state index contributed by atoms with van der Waals surface area (Å²) in [7, 11) is 0. The number of nitrogens with one attached hydrogen (secondary N) is 4. The summed E-state index contributed by atoms with van der Waals surface area (Å²) in [6, 6.07) is 11.7. The highest BCUT2D eigenvalue weighted by Crippen LogP contribution is 2.42. The van der Waals surface area contributed by atoms with E-state index in [4.69, 9.17) is 21.7 Å². The summed E-state index contributed by atoms with van der Waals surface area (Å²) in [5, 5.41) is 45.7. The van der Waals surface area contributed by atoms with Crippen molar-refractivity contribution in [2.24, 2.45) is 0 Å². The fourth-order valence-electron chi connectivity index (χ4n) is 10.3. The van der Waals surface area contributed by atoms with E-state index in [0.717, 1.165) is 81.6 Å². The van der Waals surface area contributed by atoms with Crippen molar-refractivity contribution >= 4 is 79.6 Å². The first kappa shape index (κ1) is 46.1. The summed E-state index contributed by atoms with van der Waals surface area (Å²) in [6.07, 6.45) is 15.9. The third kappa shape index (κ3) is 7.59. The molecule has 76 heavy (non-hydrogen) atoms. The molecule has 0 unspecified atom stereocenters. The van der Waals surface area contributed by atoms with Gasteiger partial charge in [0.05, 0.1) is 35.9 Å². The van der Waals surface area contributed by atoms with Crippen LogP contribution in [0.5, 0.6) is 0 Å². The minimum absolute atomic E-state index is 0.302. The van der Waals surface area contributed by atoms with Crippen LogP contribution in [0.2, 0.25) is 0 Å². The van der Waals surface area contributed by atoms with Crippen LogP contribution in [-0.2, 0) is 59.8 Å². The van der Waals surface area contributed by atoms with E-state index in [-0.39, 0.29) is 0 Å². The number of hydrogen-bond acceptors (Lipinski definition) is 18. The Morgan fingerprint density at radius 1 is 0.579 bits per heavy atom. The van der Waals surface area contributed by atoms with Gasteiger partial charge < -0.3 is 52.1 Å². The van der Waals surface area contributed by atoms with Gasteiger partial charge in [0.1, 0.15) is 46.3 Å². The Balaban J connectivity index is 0.000000146. The zero-order valence-electron chi connectivity index (χ0n) is 41.5. The van der Waals surface area contributed by atoms with Crippen molar-refractivity contribution < 1.29 is 19.8 Å². The number of nitrogen functional groups attached to an aromatic ring is 2. The second-order valence-corrected chi connectivity index (χ2v) is 19.6. The number of pyridine rings is 6. The maximum Gasteiger partial charge on any atom is 0.262 e. The molecule has 2 atom stereocenters. The molecule has 0 aromatic carbocycles. The van der Waals surface area contributed by atoms with Gasteiger partial charge in [-0.15, -0.1) is 0 Å². The third-order valence-corrected chi connectivity index (χ3v) is 14.6. The fourth-order valence-corrected chi connectivity index (χ4v) is 10.3. The second-order valence-electron chi connectivity index (χ2n) is 19.6. The van der Waals surface area contributed by atoms with Gasteiger partial charge in [-0.25, -0.2) is 29.9 Å². The first-order valence-electron chi connectivity index (χ1n) is 24.4. The Morgan fingerprint density at radius 2 is 1.01 bits per heavy atom. The van der Waals surface area contributed by atoms with Gasteiger partial charge in [-0.2, -0.15) is 10.2 Å². The van der Waals surface area contributed by atoms with Crippen LogP contribution in [0.25, 0.3) is 44.1 Å². The van der Waals surface area contributed by atoms with E-state index in [1.807, 2.05) is 84.4 Å². The van der Waals surface area contributed by atoms with E-state index in [1.165, 1.54) is 13.8 Å². The lowest BCUT2D eigenvalue weighted by atomic mass is 9.98. The number of aromatic nitrogens is 14. The van der Waals surface area contributed by atoms with Gasteiger partial charge in [-0.05, 0) is 73.9 Å². The summed E-state index contributed by atoms with van der Waals surface area (Å²) >= 11 is 0. The Hall–Kier alpha value is -9.68. The third-order valence-electron chi connectivity index (χ3n) is 14.6. The molecule has 0 saturated carbocycles. The molecule has 380 valence electrons. The maximum atomic E-state index is 12.2. The van der Waals surface area contributed by atoms with Gasteiger partial charge in [0.15, 0.2) is 22.8 Å². The van der Waals surface area contributed by atoms with Gasteiger partial charge in [0, 0.05) is 121 Å². The molecule has 4 aliphatic heterocycles. The summed E-state index contributed by atoms with van der Waals surface area (Å²) in [5.41, 5.74) is 17.2. The maximum absolute atomic E-state index is 12.2. The lowest BCUT2D eigenvalue weighted by molar-refractivity contribution is -0.132. The van der Waals surface area contributed by atoms with Gasteiger partial charge in [-0.3, -0.25) is 28.9 Å². The lowest BCUT2D eigenvalue weighted by Crippen LogP contribution is -2.30. The highest BCUT2D eigenvalue weighted by atomic mass is 16.3. The molecule has 14 rings (SSSR count). The van der Waals surface area contributed by atoms with Crippen LogP contribution in [0.1, 0.15) is 59.4 Å². The predicted molar refractivity (Wildman–Crippen MR) is 281 cm³/mol. The number of carbonyl (C=O) groups excluding carboxylic acids is 2. The number of aliphatic hydroxyl groups is 2. The van der Waals surface area contributed by atoms with E-state index in [1.54, 1.807) is 24.8 Å². The van der Waals surface area contributed by atoms with E-state index < -0.39 is 23.0 Å². The number of amides is 2. The number of imidazole rings is 2. The average Bonchev–Trinajstić information content (AvgIpc) is 4.37. The molecule has 10 N–H and O–H groups in total. The molecule has 0 radical (unpaired) electrons. The van der Waals surface area contributed by atoms with Crippen molar-refractivity contribution in [3.63, 3.8) is 0 Å². The topological polar surface area (TPSA) is 323 Å². The van der Waals surface area contributed by atoms with Gasteiger partial charge in [0.2, 0.25) is 0 Å². The first-order chi connectivity index (χ1) is 36.5. The van der Waals surface area contributed by atoms with Crippen LogP contribution >= 0.6 is 0 Å². The molecule has 0 fully saturated rings. The Labute approximate surface area is 431 Å². The summed E-state index contributed by atoms with van der Waals surface area (Å²) in [5.74, 6) is 4.27. The number of aryl methyl sites for hydroxylation is 4. The molecule has 0 bridgehead atoms. The van der Waals surface area contributed by atoms with Crippen molar-refractivity contribution in [1.29, 1.82) is 0 Å². The molecule has 10 aromatic rings. The highest BCUT2D eigenvalue weighted by Gasteiger charge is 2.45. The second kappa shape index (κ2) is 16.9. The number of fused-ring (bicyclic) bond motifs is 8. The van der Waals surface area contributed by atoms with Crippen LogP contribution in [0, 0.1) is 13.8 Å². The van der Waals surface area contributed by atoms with Gasteiger partial charge in [0.25, 0.3) is 11.8 Å². The molecule has 24 nitrogen and oxygen atoms in total. The quantitative estimate of drug-likeness (QED) is 0.109. The lowest BCUT2D eigenvalue weighted by Gasteiger charge is -2.14. The Bertz CT molecular complexity index is 3830. The van der Waals surface area contributed by atoms with Crippen molar-refractivity contribution in [2.45, 2.75) is 77.9 Å². The van der Waals surface area contributed by atoms with Crippen molar-refractivity contribution in [2.75, 3.05) is 32.7 Å². The van der Waals surface area contributed by atoms with Crippen LogP contribution < -0.4 is 32.7 Å². The van der Waals surface area contributed by atoms with E-state index in [0.29, 0.717) is 93.3 Å². The predicted octanol–water partition coefficient (Wildman–Crippen LogP) is 4.97. The van der Waals surface area contributed by atoms with Crippen LogP contribution in [-0.4, -0.2) is 90.6 Å². The average molecular weight is 1020 g/mol. The minimum Gasteiger partial charge on any atom is -0.383 e. The zero-order chi connectivity index (χ0) is 52.4. The highest BCUT2D eigenvalue weighted by molar-refractivity contribution is 6.07. The monoisotopic (exact) mass is 1020 g/mol. The summed E-state index contributed by atoms with van der Waals surface area (Å²) in [4.78, 5) is 60.3. The van der Waals surface area contributed by atoms with Crippen molar-refractivity contribution in [1.82, 2.24) is 68.6 Å². The molecule has 10 aromatic heterocycles. The molecule has 0 spiro atoms.